The predicted octanol–water partition coefficient (Wildman–Crippen LogP) is 2.74. The van der Waals surface area contributed by atoms with E-state index in [-0.39, 0.29) is 0 Å². The van der Waals surface area contributed by atoms with Crippen LogP contribution in [0.15, 0.2) is 22.0 Å². The molecule has 0 unspecified atom stereocenters. The van der Waals surface area contributed by atoms with Crippen LogP contribution < -0.4 is 5.32 Å². The Morgan fingerprint density at radius 1 is 1.73 bits per heavy atom. The molecule has 3 heteroatoms. The van der Waals surface area contributed by atoms with Gasteiger partial charge in [0.25, 0.3) is 0 Å². The second-order valence-electron chi connectivity index (χ2n) is 2.09. The van der Waals surface area contributed by atoms with Crippen LogP contribution in [-0.4, -0.2) is 13.6 Å². The number of hydrogen-bond acceptors (Lipinski definition) is 2. The first kappa shape index (κ1) is 8.97. The Hall–Kier alpha value is -0.120. The van der Waals surface area contributed by atoms with E-state index in [1.54, 1.807) is 11.3 Å². The van der Waals surface area contributed by atoms with Gasteiger partial charge in [-0.05, 0) is 40.5 Å². The van der Waals surface area contributed by atoms with Crippen molar-refractivity contribution in [2.75, 3.05) is 13.6 Å². The fourth-order valence-corrected chi connectivity index (χ4v) is 2.13. The Morgan fingerprint density at radius 2 is 2.55 bits per heavy atom. The molecule has 0 aliphatic carbocycles. The fraction of sp³-hybridized carbons (Fsp3) is 0.250. The van der Waals surface area contributed by atoms with Crippen molar-refractivity contribution in [3.05, 3.63) is 26.9 Å². The Kier molecular flexibility index (Phi) is 3.83. The first-order valence-electron chi connectivity index (χ1n) is 3.38. The maximum absolute atomic E-state index is 3.46. The molecule has 0 radical (unpaired) electrons. The third kappa shape index (κ3) is 2.77. The van der Waals surface area contributed by atoms with E-state index in [1.165, 1.54) is 9.35 Å². The lowest BCUT2D eigenvalue weighted by atomic mass is 10.4. The average molecular weight is 232 g/mol. The minimum atomic E-state index is 0.921. The van der Waals surface area contributed by atoms with Gasteiger partial charge in [-0.15, -0.1) is 11.3 Å². The van der Waals surface area contributed by atoms with Gasteiger partial charge in [0.2, 0.25) is 0 Å². The van der Waals surface area contributed by atoms with Gasteiger partial charge < -0.3 is 5.32 Å². The van der Waals surface area contributed by atoms with Crippen molar-refractivity contribution in [3.8, 4) is 0 Å². The molecule has 0 atom stereocenters. The molecule has 0 aromatic carbocycles. The van der Waals surface area contributed by atoms with E-state index in [1.807, 2.05) is 7.05 Å². The molecule has 1 heterocycles. The number of likely N-dealkylation sites (N-methyl/N-ethyl adjacent to an activating group) is 1. The molecule has 0 spiro atoms. The van der Waals surface area contributed by atoms with Crippen LogP contribution in [0.25, 0.3) is 6.08 Å². The molecule has 1 aromatic rings. The van der Waals surface area contributed by atoms with Crippen LogP contribution in [0.4, 0.5) is 0 Å². The van der Waals surface area contributed by atoms with Crippen LogP contribution in [0.1, 0.15) is 4.88 Å². The zero-order chi connectivity index (χ0) is 8.10. The Bertz CT molecular complexity index is 242. The van der Waals surface area contributed by atoms with Gasteiger partial charge in [-0.1, -0.05) is 6.08 Å². The molecule has 0 bridgehead atoms. The van der Waals surface area contributed by atoms with E-state index in [0.29, 0.717) is 0 Å². The van der Waals surface area contributed by atoms with Crippen LogP contribution in [0.3, 0.4) is 0 Å². The summed E-state index contributed by atoms with van der Waals surface area (Å²) in [6.45, 7) is 0.921. The molecule has 1 aromatic heterocycles. The van der Waals surface area contributed by atoms with E-state index in [9.17, 15) is 0 Å². The lowest BCUT2D eigenvalue weighted by Crippen LogP contribution is -2.03. The Balaban J connectivity index is 2.56. The third-order valence-corrected chi connectivity index (χ3v) is 3.07. The SMILES string of the molecule is CNCC=Cc1sccc1Br. The molecular formula is C8H10BrNS. The lowest BCUT2D eigenvalue weighted by molar-refractivity contribution is 0.922. The molecule has 1 nitrogen and oxygen atoms in total. The summed E-state index contributed by atoms with van der Waals surface area (Å²) < 4.78 is 1.18. The molecule has 0 amide bonds. The first-order valence-corrected chi connectivity index (χ1v) is 5.06. The van der Waals surface area contributed by atoms with Gasteiger partial charge in [0, 0.05) is 15.9 Å². The number of hydrogen-bond donors (Lipinski definition) is 1. The molecule has 0 saturated heterocycles. The summed E-state index contributed by atoms with van der Waals surface area (Å²) in [5.74, 6) is 0. The van der Waals surface area contributed by atoms with E-state index in [4.69, 9.17) is 0 Å². The van der Waals surface area contributed by atoms with Crippen molar-refractivity contribution in [3.63, 3.8) is 0 Å². The van der Waals surface area contributed by atoms with Crippen LogP contribution >= 0.6 is 27.3 Å². The standard InChI is InChI=1S/C8H10BrNS/c1-10-5-2-3-8-7(9)4-6-11-8/h2-4,6,10H,5H2,1H3. The molecule has 0 aliphatic rings. The van der Waals surface area contributed by atoms with Gasteiger partial charge in [0.15, 0.2) is 0 Å². The van der Waals surface area contributed by atoms with Gasteiger partial charge in [-0.3, -0.25) is 0 Å². The van der Waals surface area contributed by atoms with Gasteiger partial charge >= 0.3 is 0 Å². The van der Waals surface area contributed by atoms with Crippen molar-refractivity contribution < 1.29 is 0 Å². The molecular weight excluding hydrogens is 222 g/mol. The Morgan fingerprint density at radius 3 is 3.09 bits per heavy atom. The average Bonchev–Trinajstić information content (AvgIpc) is 2.37. The van der Waals surface area contributed by atoms with Crippen molar-refractivity contribution in [1.29, 1.82) is 0 Å². The summed E-state index contributed by atoms with van der Waals surface area (Å²) in [5.41, 5.74) is 0. The molecule has 0 fully saturated rings. The summed E-state index contributed by atoms with van der Waals surface area (Å²) in [6.07, 6.45) is 4.22. The highest BCUT2D eigenvalue weighted by molar-refractivity contribution is 9.10. The van der Waals surface area contributed by atoms with Gasteiger partial charge in [-0.2, -0.15) is 0 Å². The second-order valence-corrected chi connectivity index (χ2v) is 3.89. The van der Waals surface area contributed by atoms with Crippen LogP contribution in [-0.2, 0) is 0 Å². The van der Waals surface area contributed by atoms with Gasteiger partial charge in [0.1, 0.15) is 0 Å². The van der Waals surface area contributed by atoms with Crippen LogP contribution in [0.2, 0.25) is 0 Å². The highest BCUT2D eigenvalue weighted by Crippen LogP contribution is 2.23. The summed E-state index contributed by atoms with van der Waals surface area (Å²) in [6, 6.07) is 2.06. The Labute approximate surface area is 79.3 Å². The van der Waals surface area contributed by atoms with Gasteiger partial charge in [-0.25, -0.2) is 0 Å². The zero-order valence-electron chi connectivity index (χ0n) is 6.30. The van der Waals surface area contributed by atoms with E-state index >= 15 is 0 Å². The molecule has 0 saturated carbocycles. The number of halogens is 1. The fourth-order valence-electron chi connectivity index (χ4n) is 0.708. The minimum Gasteiger partial charge on any atom is -0.316 e. The van der Waals surface area contributed by atoms with Crippen LogP contribution in [0, 0.1) is 0 Å². The second kappa shape index (κ2) is 4.70. The largest absolute Gasteiger partial charge is 0.316 e. The van der Waals surface area contributed by atoms with E-state index in [0.717, 1.165) is 6.54 Å². The number of thiophene rings is 1. The summed E-state index contributed by atoms with van der Waals surface area (Å²) in [4.78, 5) is 1.28. The van der Waals surface area contributed by atoms with Crippen molar-refractivity contribution in [1.82, 2.24) is 5.32 Å². The highest BCUT2D eigenvalue weighted by atomic mass is 79.9. The van der Waals surface area contributed by atoms with E-state index in [2.05, 4.69) is 44.8 Å². The van der Waals surface area contributed by atoms with Crippen molar-refractivity contribution >= 4 is 33.3 Å². The van der Waals surface area contributed by atoms with Crippen molar-refractivity contribution in [2.24, 2.45) is 0 Å². The summed E-state index contributed by atoms with van der Waals surface area (Å²) in [7, 11) is 1.94. The van der Waals surface area contributed by atoms with Crippen molar-refractivity contribution in [2.45, 2.75) is 0 Å². The number of nitrogens with one attached hydrogen (secondary N) is 1. The predicted molar refractivity (Wildman–Crippen MR) is 55.0 cm³/mol. The van der Waals surface area contributed by atoms with Crippen LogP contribution in [0.5, 0.6) is 0 Å². The normalized spacial score (nSPS) is 11.1. The lowest BCUT2D eigenvalue weighted by Gasteiger charge is -1.88. The topological polar surface area (TPSA) is 12.0 Å². The molecule has 11 heavy (non-hydrogen) atoms. The van der Waals surface area contributed by atoms with Gasteiger partial charge in [0.05, 0.1) is 0 Å². The zero-order valence-corrected chi connectivity index (χ0v) is 8.71. The van der Waals surface area contributed by atoms with E-state index < -0.39 is 0 Å². The molecule has 60 valence electrons. The summed E-state index contributed by atoms with van der Waals surface area (Å²) in [5, 5.41) is 5.12. The minimum absolute atomic E-state index is 0.921. The molecule has 0 aliphatic heterocycles. The quantitative estimate of drug-likeness (QED) is 0.844. The summed E-state index contributed by atoms with van der Waals surface area (Å²) >= 11 is 5.20. The third-order valence-electron chi connectivity index (χ3n) is 1.24. The number of rotatable bonds is 3. The highest BCUT2D eigenvalue weighted by Gasteiger charge is 1.93. The maximum Gasteiger partial charge on any atom is 0.0409 e. The molecule has 1 N–H and O–H groups in total. The first-order chi connectivity index (χ1) is 5.34. The maximum atomic E-state index is 3.46. The molecule has 1 rings (SSSR count). The smallest absolute Gasteiger partial charge is 0.0409 e. The monoisotopic (exact) mass is 231 g/mol.